The second kappa shape index (κ2) is 8.04. The van der Waals surface area contributed by atoms with Crippen LogP contribution in [-0.2, 0) is 11.4 Å². The van der Waals surface area contributed by atoms with E-state index in [-0.39, 0.29) is 5.91 Å². The third-order valence-electron chi connectivity index (χ3n) is 3.23. The first-order valence-electron chi connectivity index (χ1n) is 7.64. The van der Waals surface area contributed by atoms with Gasteiger partial charge in [-0.25, -0.2) is 9.97 Å². The van der Waals surface area contributed by atoms with Gasteiger partial charge in [-0.2, -0.15) is 0 Å². The van der Waals surface area contributed by atoms with Crippen molar-refractivity contribution in [1.82, 2.24) is 9.97 Å². The summed E-state index contributed by atoms with van der Waals surface area (Å²) in [5, 5.41) is 6.34. The molecule has 3 aromatic rings. The highest BCUT2D eigenvalue weighted by Crippen LogP contribution is 2.22. The van der Waals surface area contributed by atoms with Gasteiger partial charge in [-0.1, -0.05) is 18.2 Å². The van der Waals surface area contributed by atoms with Gasteiger partial charge in [0.15, 0.2) is 5.13 Å². The summed E-state index contributed by atoms with van der Waals surface area (Å²) < 4.78 is 5.84. The van der Waals surface area contributed by atoms with Crippen LogP contribution in [0.1, 0.15) is 21.1 Å². The van der Waals surface area contributed by atoms with E-state index in [1.165, 1.54) is 17.4 Å². The first-order valence-corrected chi connectivity index (χ1v) is 9.34. The molecule has 1 N–H and O–H groups in total. The van der Waals surface area contributed by atoms with E-state index in [2.05, 4.69) is 15.3 Å². The minimum absolute atomic E-state index is 0.223. The predicted octanol–water partition coefficient (Wildman–Crippen LogP) is 4.45. The highest BCUT2D eigenvalue weighted by Gasteiger charge is 2.05. The predicted molar refractivity (Wildman–Crippen MR) is 102 cm³/mol. The fourth-order valence-electron chi connectivity index (χ4n) is 2.10. The summed E-state index contributed by atoms with van der Waals surface area (Å²) in [4.78, 5) is 21.6. The van der Waals surface area contributed by atoms with E-state index >= 15 is 0 Å². The number of nitrogens with one attached hydrogen (secondary N) is 1. The topological polar surface area (TPSA) is 64.1 Å². The first kappa shape index (κ1) is 17.3. The van der Waals surface area contributed by atoms with Crippen molar-refractivity contribution in [2.45, 2.75) is 20.5 Å². The van der Waals surface area contributed by atoms with Crippen LogP contribution in [0.5, 0.6) is 5.75 Å². The second-order valence-electron chi connectivity index (χ2n) is 5.28. The molecule has 2 heterocycles. The summed E-state index contributed by atoms with van der Waals surface area (Å²) in [6.07, 6.45) is 4.94. The Labute approximate surface area is 154 Å². The monoisotopic (exact) mass is 371 g/mol. The quantitative estimate of drug-likeness (QED) is 0.650. The third kappa shape index (κ3) is 4.98. The lowest BCUT2D eigenvalue weighted by atomic mass is 10.2. The Kier molecular flexibility index (Phi) is 5.57. The van der Waals surface area contributed by atoms with E-state index < -0.39 is 0 Å². The summed E-state index contributed by atoms with van der Waals surface area (Å²) in [5.41, 5.74) is 1.73. The number of carbonyl (C=O) groups is 1. The highest BCUT2D eigenvalue weighted by molar-refractivity contribution is 7.15. The fourth-order valence-corrected chi connectivity index (χ4v) is 3.37. The standard InChI is InChI=1S/C18H17N3O2S2/c1-12-9-19-18(25-12)21-17(22)8-7-14-5-3-4-6-16(14)23-10-15-11-24-13(2)20-15/h3-9,11H,10H2,1-2H3,(H,19,21,22)/b8-7+. The molecule has 0 aliphatic carbocycles. The Morgan fingerprint density at radius 3 is 2.88 bits per heavy atom. The van der Waals surface area contributed by atoms with Crippen LogP contribution in [0.15, 0.2) is 41.9 Å². The number of aromatic nitrogens is 2. The average Bonchev–Trinajstić information content (AvgIpc) is 3.20. The fraction of sp³-hybridized carbons (Fsp3) is 0.167. The maximum absolute atomic E-state index is 12.0. The highest BCUT2D eigenvalue weighted by atomic mass is 32.1. The van der Waals surface area contributed by atoms with Crippen LogP contribution in [0, 0.1) is 13.8 Å². The zero-order chi connectivity index (χ0) is 17.6. The van der Waals surface area contributed by atoms with Crippen molar-refractivity contribution in [1.29, 1.82) is 0 Å². The van der Waals surface area contributed by atoms with E-state index in [1.807, 2.05) is 43.5 Å². The SMILES string of the molecule is Cc1cnc(NC(=O)/C=C/c2ccccc2OCc2csc(C)n2)s1. The molecule has 0 aliphatic heterocycles. The van der Waals surface area contributed by atoms with Crippen molar-refractivity contribution in [2.24, 2.45) is 0 Å². The molecule has 0 unspecified atom stereocenters. The van der Waals surface area contributed by atoms with Crippen LogP contribution in [0.2, 0.25) is 0 Å². The van der Waals surface area contributed by atoms with Gasteiger partial charge in [-0.3, -0.25) is 10.1 Å². The molecule has 1 aromatic carbocycles. The Morgan fingerprint density at radius 2 is 2.16 bits per heavy atom. The molecular formula is C18H17N3O2S2. The lowest BCUT2D eigenvalue weighted by Crippen LogP contribution is -2.07. The van der Waals surface area contributed by atoms with Crippen LogP contribution in [-0.4, -0.2) is 15.9 Å². The lowest BCUT2D eigenvalue weighted by Gasteiger charge is -2.07. The van der Waals surface area contributed by atoms with Crippen LogP contribution in [0.3, 0.4) is 0 Å². The van der Waals surface area contributed by atoms with Gasteiger partial charge in [0, 0.05) is 28.1 Å². The Balaban J connectivity index is 1.64. The van der Waals surface area contributed by atoms with Crippen molar-refractivity contribution < 1.29 is 9.53 Å². The molecule has 25 heavy (non-hydrogen) atoms. The molecule has 0 saturated heterocycles. The molecule has 0 aliphatic rings. The number of amides is 1. The molecule has 0 atom stereocenters. The molecule has 128 valence electrons. The first-order chi connectivity index (χ1) is 12.1. The summed E-state index contributed by atoms with van der Waals surface area (Å²) in [5.74, 6) is 0.488. The molecule has 2 aromatic heterocycles. The van der Waals surface area contributed by atoms with Gasteiger partial charge in [-0.15, -0.1) is 22.7 Å². The van der Waals surface area contributed by atoms with Gasteiger partial charge in [0.05, 0.1) is 10.7 Å². The molecule has 3 rings (SSSR count). The van der Waals surface area contributed by atoms with Gasteiger partial charge in [0.25, 0.3) is 0 Å². The van der Waals surface area contributed by atoms with E-state index in [9.17, 15) is 4.79 Å². The number of carbonyl (C=O) groups excluding carboxylic acids is 1. The number of nitrogens with zero attached hydrogens (tertiary/aromatic N) is 2. The summed E-state index contributed by atoms with van der Waals surface area (Å²) in [7, 11) is 0. The van der Waals surface area contributed by atoms with E-state index in [4.69, 9.17) is 4.74 Å². The maximum Gasteiger partial charge on any atom is 0.250 e. The minimum Gasteiger partial charge on any atom is -0.487 e. The Morgan fingerprint density at radius 1 is 1.32 bits per heavy atom. The minimum atomic E-state index is -0.223. The summed E-state index contributed by atoms with van der Waals surface area (Å²) >= 11 is 3.04. The number of rotatable bonds is 6. The number of hydrogen-bond donors (Lipinski definition) is 1. The molecule has 0 fully saturated rings. The van der Waals surface area contributed by atoms with Gasteiger partial charge in [0.2, 0.25) is 5.91 Å². The number of para-hydroxylation sites is 1. The zero-order valence-electron chi connectivity index (χ0n) is 13.9. The molecule has 0 bridgehead atoms. The lowest BCUT2D eigenvalue weighted by molar-refractivity contribution is -0.111. The van der Waals surface area contributed by atoms with Crippen LogP contribution >= 0.6 is 22.7 Å². The normalized spacial score (nSPS) is 11.0. The number of aryl methyl sites for hydroxylation is 2. The summed E-state index contributed by atoms with van der Waals surface area (Å²) in [6.45, 7) is 4.31. The van der Waals surface area contributed by atoms with Crippen molar-refractivity contribution >= 4 is 39.8 Å². The number of thiazole rings is 2. The van der Waals surface area contributed by atoms with Gasteiger partial charge < -0.3 is 4.74 Å². The van der Waals surface area contributed by atoms with Gasteiger partial charge in [0.1, 0.15) is 12.4 Å². The molecule has 0 saturated carbocycles. The zero-order valence-corrected chi connectivity index (χ0v) is 15.5. The largest absolute Gasteiger partial charge is 0.487 e. The Hall–Kier alpha value is -2.51. The van der Waals surface area contributed by atoms with Gasteiger partial charge in [-0.05, 0) is 26.0 Å². The molecule has 5 nitrogen and oxygen atoms in total. The summed E-state index contributed by atoms with van der Waals surface area (Å²) in [6, 6.07) is 7.58. The van der Waals surface area contributed by atoms with Crippen molar-refractivity contribution in [3.05, 3.63) is 63.1 Å². The number of anilines is 1. The van der Waals surface area contributed by atoms with Crippen molar-refractivity contribution in [2.75, 3.05) is 5.32 Å². The smallest absolute Gasteiger partial charge is 0.250 e. The van der Waals surface area contributed by atoms with Crippen LogP contribution < -0.4 is 10.1 Å². The third-order valence-corrected chi connectivity index (χ3v) is 4.88. The van der Waals surface area contributed by atoms with Crippen LogP contribution in [0.4, 0.5) is 5.13 Å². The van der Waals surface area contributed by atoms with Gasteiger partial charge >= 0.3 is 0 Å². The number of ether oxygens (including phenoxy) is 1. The molecular weight excluding hydrogens is 354 g/mol. The molecule has 1 amide bonds. The molecule has 7 heteroatoms. The second-order valence-corrected chi connectivity index (χ2v) is 7.58. The van der Waals surface area contributed by atoms with E-state index in [0.717, 1.165) is 21.1 Å². The van der Waals surface area contributed by atoms with E-state index in [0.29, 0.717) is 17.5 Å². The number of hydrogen-bond acceptors (Lipinski definition) is 6. The maximum atomic E-state index is 12.0. The van der Waals surface area contributed by atoms with Crippen LogP contribution in [0.25, 0.3) is 6.08 Å². The average molecular weight is 371 g/mol. The van der Waals surface area contributed by atoms with Crippen molar-refractivity contribution in [3.63, 3.8) is 0 Å². The molecule has 0 spiro atoms. The molecule has 0 radical (unpaired) electrons. The van der Waals surface area contributed by atoms with Crippen molar-refractivity contribution in [3.8, 4) is 5.75 Å². The number of benzene rings is 1. The Bertz CT molecular complexity index is 899. The van der Waals surface area contributed by atoms with E-state index in [1.54, 1.807) is 23.6 Å².